The van der Waals surface area contributed by atoms with Gasteiger partial charge < -0.3 is 19.8 Å². The molecule has 1 heterocycles. The third kappa shape index (κ3) is 2.68. The smallest absolute Gasteiger partial charge is 0.132 e. The molecular weight excluding hydrogens is 266 g/mol. The number of imidazole rings is 1. The molecular formula is C16H23N3O2. The van der Waals surface area contributed by atoms with Crippen LogP contribution >= 0.6 is 0 Å². The lowest BCUT2D eigenvalue weighted by atomic mass is 10.1. The average molecular weight is 289 g/mol. The lowest BCUT2D eigenvalue weighted by Gasteiger charge is -2.13. The van der Waals surface area contributed by atoms with E-state index in [9.17, 15) is 0 Å². The normalized spacial score (nSPS) is 11.0. The third-order valence-corrected chi connectivity index (χ3v) is 3.52. The number of nitrogens with two attached hydrogens (primary N) is 1. The monoisotopic (exact) mass is 289 g/mol. The maximum absolute atomic E-state index is 6.33. The molecule has 0 saturated heterocycles. The summed E-state index contributed by atoms with van der Waals surface area (Å²) in [6.45, 7) is 6.28. The lowest BCUT2D eigenvalue weighted by Crippen LogP contribution is -2.09. The van der Waals surface area contributed by atoms with Crippen molar-refractivity contribution >= 4 is 5.82 Å². The second-order valence-electron chi connectivity index (χ2n) is 5.15. The summed E-state index contributed by atoms with van der Waals surface area (Å²) in [5.41, 5.74) is 7.93. The van der Waals surface area contributed by atoms with E-state index in [1.54, 1.807) is 14.2 Å². The number of hydrogen-bond acceptors (Lipinski definition) is 4. The van der Waals surface area contributed by atoms with E-state index >= 15 is 0 Å². The molecule has 0 atom stereocenters. The van der Waals surface area contributed by atoms with Gasteiger partial charge in [0.25, 0.3) is 0 Å². The van der Waals surface area contributed by atoms with Gasteiger partial charge in [-0.25, -0.2) is 4.98 Å². The van der Waals surface area contributed by atoms with Crippen LogP contribution in [0.3, 0.4) is 0 Å². The van der Waals surface area contributed by atoms with Crippen LogP contribution in [0, 0.1) is 0 Å². The molecule has 5 nitrogen and oxygen atoms in total. The van der Waals surface area contributed by atoms with E-state index in [-0.39, 0.29) is 6.04 Å². The Hall–Kier alpha value is -2.17. The molecule has 0 aliphatic rings. The largest absolute Gasteiger partial charge is 0.497 e. The fourth-order valence-electron chi connectivity index (χ4n) is 2.52. The molecule has 0 amide bonds. The quantitative estimate of drug-likeness (QED) is 0.917. The topological polar surface area (TPSA) is 62.3 Å². The fourth-order valence-corrected chi connectivity index (χ4v) is 2.52. The zero-order chi connectivity index (χ0) is 15.6. The molecule has 0 radical (unpaired) electrons. The van der Waals surface area contributed by atoms with Gasteiger partial charge in [0.1, 0.15) is 28.8 Å². The van der Waals surface area contributed by atoms with E-state index in [4.69, 9.17) is 20.2 Å². The highest BCUT2D eigenvalue weighted by Crippen LogP contribution is 2.37. The first-order valence-electron chi connectivity index (χ1n) is 7.12. The molecule has 1 aromatic heterocycles. The minimum Gasteiger partial charge on any atom is -0.497 e. The molecule has 0 spiro atoms. The zero-order valence-electron chi connectivity index (χ0n) is 13.3. The van der Waals surface area contributed by atoms with Crippen LogP contribution in [0.2, 0.25) is 0 Å². The van der Waals surface area contributed by atoms with Gasteiger partial charge in [0.15, 0.2) is 0 Å². The fraction of sp³-hybridized carbons (Fsp3) is 0.438. The van der Waals surface area contributed by atoms with Crippen molar-refractivity contribution in [1.82, 2.24) is 9.55 Å². The number of methoxy groups -OCH3 is 2. The van der Waals surface area contributed by atoms with Gasteiger partial charge in [-0.15, -0.1) is 0 Å². The average Bonchev–Trinajstić information content (AvgIpc) is 2.83. The van der Waals surface area contributed by atoms with Crippen LogP contribution in [0.15, 0.2) is 18.2 Å². The van der Waals surface area contributed by atoms with E-state index < -0.39 is 0 Å². The van der Waals surface area contributed by atoms with Crippen molar-refractivity contribution < 1.29 is 9.47 Å². The first-order chi connectivity index (χ1) is 10.0. The highest BCUT2D eigenvalue weighted by atomic mass is 16.5. The van der Waals surface area contributed by atoms with Crippen molar-refractivity contribution in [3.8, 4) is 22.8 Å². The van der Waals surface area contributed by atoms with Gasteiger partial charge in [-0.05, 0) is 32.0 Å². The van der Waals surface area contributed by atoms with E-state index in [1.165, 1.54) is 0 Å². The van der Waals surface area contributed by atoms with Crippen molar-refractivity contribution in [2.75, 3.05) is 20.0 Å². The van der Waals surface area contributed by atoms with Crippen LogP contribution in [0.5, 0.6) is 11.5 Å². The first-order valence-corrected chi connectivity index (χ1v) is 7.12. The molecule has 114 valence electrons. The maximum Gasteiger partial charge on any atom is 0.132 e. The molecule has 5 heteroatoms. The number of nitrogen functional groups attached to an aromatic ring is 1. The molecule has 0 aliphatic heterocycles. The highest BCUT2D eigenvalue weighted by Gasteiger charge is 2.20. The molecule has 2 N–H and O–H groups in total. The summed E-state index contributed by atoms with van der Waals surface area (Å²) in [6.07, 6.45) is 0.828. The summed E-state index contributed by atoms with van der Waals surface area (Å²) >= 11 is 0. The number of rotatable bonds is 5. The Morgan fingerprint density at radius 1 is 1.24 bits per heavy atom. The van der Waals surface area contributed by atoms with Gasteiger partial charge in [0, 0.05) is 18.0 Å². The predicted octanol–water partition coefficient (Wildman–Crippen LogP) is 3.29. The molecule has 0 saturated carbocycles. The van der Waals surface area contributed by atoms with Crippen LogP contribution < -0.4 is 15.2 Å². The summed E-state index contributed by atoms with van der Waals surface area (Å²) in [5.74, 6) is 3.12. The molecule has 0 aliphatic carbocycles. The minimum absolute atomic E-state index is 0.262. The summed E-state index contributed by atoms with van der Waals surface area (Å²) in [4.78, 5) is 4.71. The number of anilines is 1. The summed E-state index contributed by atoms with van der Waals surface area (Å²) in [5, 5.41) is 0. The highest BCUT2D eigenvalue weighted by molar-refractivity contribution is 5.77. The summed E-state index contributed by atoms with van der Waals surface area (Å²) in [6, 6.07) is 5.89. The Labute approximate surface area is 125 Å². The van der Waals surface area contributed by atoms with Gasteiger partial charge in [0.05, 0.1) is 14.2 Å². The van der Waals surface area contributed by atoms with Crippen LogP contribution in [0.4, 0.5) is 5.82 Å². The van der Waals surface area contributed by atoms with Crippen molar-refractivity contribution in [2.24, 2.45) is 0 Å². The number of ether oxygens (including phenoxy) is 2. The summed E-state index contributed by atoms with van der Waals surface area (Å²) < 4.78 is 12.8. The number of aromatic nitrogens is 2. The van der Waals surface area contributed by atoms with Crippen LogP contribution in [0.25, 0.3) is 11.3 Å². The van der Waals surface area contributed by atoms with E-state index in [0.29, 0.717) is 5.82 Å². The van der Waals surface area contributed by atoms with E-state index in [0.717, 1.165) is 35.0 Å². The SMILES string of the molecule is CCc1nc(-c2cc(OC)ccc2OC)c(N)n1C(C)C. The third-order valence-electron chi connectivity index (χ3n) is 3.52. The van der Waals surface area contributed by atoms with E-state index in [2.05, 4.69) is 25.3 Å². The second-order valence-corrected chi connectivity index (χ2v) is 5.15. The van der Waals surface area contributed by atoms with E-state index in [1.807, 2.05) is 18.2 Å². The lowest BCUT2D eigenvalue weighted by molar-refractivity contribution is 0.404. The van der Waals surface area contributed by atoms with Crippen molar-refractivity contribution in [3.63, 3.8) is 0 Å². The Morgan fingerprint density at radius 3 is 2.43 bits per heavy atom. The molecule has 0 fully saturated rings. The van der Waals surface area contributed by atoms with Crippen molar-refractivity contribution in [3.05, 3.63) is 24.0 Å². The standard InChI is InChI=1S/C16H23N3O2/c1-6-14-18-15(16(17)19(14)10(2)3)12-9-11(20-4)7-8-13(12)21-5/h7-10H,6,17H2,1-5H3. The minimum atomic E-state index is 0.262. The van der Waals surface area contributed by atoms with Gasteiger partial charge in [-0.2, -0.15) is 0 Å². The number of benzene rings is 1. The summed E-state index contributed by atoms with van der Waals surface area (Å²) in [7, 11) is 3.28. The number of hydrogen-bond donors (Lipinski definition) is 1. The van der Waals surface area contributed by atoms with Gasteiger partial charge in [-0.1, -0.05) is 6.92 Å². The van der Waals surface area contributed by atoms with Gasteiger partial charge in [0.2, 0.25) is 0 Å². The molecule has 2 rings (SSSR count). The van der Waals surface area contributed by atoms with Crippen LogP contribution in [0.1, 0.15) is 32.6 Å². The number of aryl methyl sites for hydroxylation is 1. The van der Waals surface area contributed by atoms with Crippen LogP contribution in [-0.2, 0) is 6.42 Å². The molecule has 1 aromatic carbocycles. The molecule has 2 aromatic rings. The first kappa shape index (κ1) is 15.2. The predicted molar refractivity (Wildman–Crippen MR) is 84.9 cm³/mol. The maximum atomic E-state index is 6.33. The Bertz CT molecular complexity index is 633. The number of nitrogens with zero attached hydrogens (tertiary/aromatic N) is 2. The van der Waals surface area contributed by atoms with Gasteiger partial charge in [-0.3, -0.25) is 0 Å². The zero-order valence-corrected chi connectivity index (χ0v) is 13.3. The van der Waals surface area contributed by atoms with Gasteiger partial charge >= 0.3 is 0 Å². The van der Waals surface area contributed by atoms with Crippen LogP contribution in [-0.4, -0.2) is 23.8 Å². The van der Waals surface area contributed by atoms with Crippen molar-refractivity contribution in [2.45, 2.75) is 33.2 Å². The molecule has 0 bridgehead atoms. The van der Waals surface area contributed by atoms with Crippen molar-refractivity contribution in [1.29, 1.82) is 0 Å². The Balaban J connectivity index is 2.66. The molecule has 21 heavy (non-hydrogen) atoms. The molecule has 0 unspecified atom stereocenters. The Kier molecular flexibility index (Phi) is 4.40. The Morgan fingerprint density at radius 2 is 1.95 bits per heavy atom. The second kappa shape index (κ2) is 6.08.